The first kappa shape index (κ1) is 20.7. The molecule has 6 heteroatoms. The van der Waals surface area contributed by atoms with Crippen molar-refractivity contribution in [2.75, 3.05) is 14.2 Å². The van der Waals surface area contributed by atoms with Gasteiger partial charge in [0.2, 0.25) is 0 Å². The first-order valence-corrected chi connectivity index (χ1v) is 10.2. The van der Waals surface area contributed by atoms with Gasteiger partial charge in [-0.3, -0.25) is 4.79 Å². The monoisotopic (exact) mass is 419 g/mol. The molecule has 0 amide bonds. The molecule has 4 rings (SSSR count). The zero-order valence-electron chi connectivity index (χ0n) is 17.8. The number of aromatic hydroxyl groups is 1. The molecule has 0 fully saturated rings. The Morgan fingerprint density at radius 2 is 1.65 bits per heavy atom. The Morgan fingerprint density at radius 3 is 2.26 bits per heavy atom. The molecule has 0 saturated heterocycles. The smallest absolute Gasteiger partial charge is 0.336 e. The van der Waals surface area contributed by atoms with E-state index in [2.05, 4.69) is 5.32 Å². The molecule has 160 valence electrons. The summed E-state index contributed by atoms with van der Waals surface area (Å²) in [7, 11) is 2.96. The van der Waals surface area contributed by atoms with Crippen LogP contribution in [0.3, 0.4) is 0 Å². The first-order valence-electron chi connectivity index (χ1n) is 10.2. The van der Waals surface area contributed by atoms with Crippen LogP contribution in [0.2, 0.25) is 0 Å². The quantitative estimate of drug-likeness (QED) is 0.731. The molecule has 0 spiro atoms. The van der Waals surface area contributed by atoms with Crippen LogP contribution in [0, 0.1) is 0 Å². The standard InChI is InChI=1S/C25H25NO5/c1-14-22(25(29)31-3)23(16-4-8-18(27)9-5-16)24-20(26-14)12-17(13-21(24)28)15-6-10-19(30-2)11-7-15/h4-11,17,23,26-27H,12-13H2,1-3H3/t17-,23+/m1/s1. The third-order valence-electron chi connectivity index (χ3n) is 6.05. The number of carbonyl (C=O) groups is 2. The number of phenols is 1. The van der Waals surface area contributed by atoms with Crippen LogP contribution in [-0.4, -0.2) is 31.1 Å². The van der Waals surface area contributed by atoms with Crippen LogP contribution in [0.25, 0.3) is 0 Å². The number of ketones is 1. The van der Waals surface area contributed by atoms with Gasteiger partial charge in [0.1, 0.15) is 11.5 Å². The lowest BCUT2D eigenvalue weighted by molar-refractivity contribution is -0.136. The van der Waals surface area contributed by atoms with Crippen molar-refractivity contribution in [3.63, 3.8) is 0 Å². The van der Waals surface area contributed by atoms with E-state index in [1.165, 1.54) is 7.11 Å². The van der Waals surface area contributed by atoms with E-state index in [0.717, 1.165) is 22.6 Å². The zero-order chi connectivity index (χ0) is 22.1. The molecule has 2 atom stereocenters. The maximum atomic E-state index is 13.4. The number of carbonyl (C=O) groups excluding carboxylic acids is 2. The van der Waals surface area contributed by atoms with Gasteiger partial charge in [0.25, 0.3) is 0 Å². The van der Waals surface area contributed by atoms with Crippen LogP contribution in [0.5, 0.6) is 11.5 Å². The van der Waals surface area contributed by atoms with E-state index < -0.39 is 11.9 Å². The van der Waals surface area contributed by atoms with Crippen molar-refractivity contribution in [1.82, 2.24) is 5.32 Å². The molecule has 0 aromatic heterocycles. The number of benzene rings is 2. The molecular formula is C25H25NO5. The molecule has 1 aliphatic heterocycles. The number of ether oxygens (including phenoxy) is 2. The Labute approximate surface area is 181 Å². The Balaban J connectivity index is 1.76. The van der Waals surface area contributed by atoms with Crippen molar-refractivity contribution < 1.29 is 24.2 Å². The van der Waals surface area contributed by atoms with E-state index in [0.29, 0.717) is 29.7 Å². The number of allylic oxidation sites excluding steroid dienone is 3. The molecule has 2 aromatic rings. The minimum absolute atomic E-state index is 0.00143. The van der Waals surface area contributed by atoms with Crippen molar-refractivity contribution in [3.8, 4) is 11.5 Å². The van der Waals surface area contributed by atoms with Gasteiger partial charge in [-0.05, 0) is 54.7 Å². The fraction of sp³-hybridized carbons (Fsp3) is 0.280. The highest BCUT2D eigenvalue weighted by atomic mass is 16.5. The van der Waals surface area contributed by atoms with Gasteiger partial charge in [-0.1, -0.05) is 24.3 Å². The van der Waals surface area contributed by atoms with Gasteiger partial charge in [-0.15, -0.1) is 0 Å². The molecular weight excluding hydrogens is 394 g/mol. The lowest BCUT2D eigenvalue weighted by Crippen LogP contribution is -2.36. The summed E-state index contributed by atoms with van der Waals surface area (Å²) in [4.78, 5) is 26.0. The predicted molar refractivity (Wildman–Crippen MR) is 116 cm³/mol. The summed E-state index contributed by atoms with van der Waals surface area (Å²) in [5, 5.41) is 13.0. The van der Waals surface area contributed by atoms with Gasteiger partial charge in [0.15, 0.2) is 5.78 Å². The molecule has 2 N–H and O–H groups in total. The first-order chi connectivity index (χ1) is 14.9. The SMILES string of the molecule is COC(=O)C1=C(C)NC2=C(C(=O)C[C@H](c3ccc(OC)cc3)C2)[C@H]1c1ccc(O)cc1. The van der Waals surface area contributed by atoms with Crippen molar-refractivity contribution in [2.45, 2.75) is 31.6 Å². The van der Waals surface area contributed by atoms with E-state index in [4.69, 9.17) is 9.47 Å². The average molecular weight is 419 g/mol. The highest BCUT2D eigenvalue weighted by Gasteiger charge is 2.41. The molecule has 2 aromatic carbocycles. The van der Waals surface area contributed by atoms with E-state index in [9.17, 15) is 14.7 Å². The van der Waals surface area contributed by atoms with E-state index >= 15 is 0 Å². The maximum absolute atomic E-state index is 13.4. The molecule has 2 aliphatic rings. The summed E-state index contributed by atoms with van der Waals surface area (Å²) in [6.07, 6.45) is 1.02. The number of methoxy groups -OCH3 is 2. The van der Waals surface area contributed by atoms with Crippen molar-refractivity contribution in [2.24, 2.45) is 0 Å². The second kappa shape index (κ2) is 8.30. The lowest BCUT2D eigenvalue weighted by Gasteiger charge is -2.36. The number of hydrogen-bond acceptors (Lipinski definition) is 6. The largest absolute Gasteiger partial charge is 0.508 e. The Bertz CT molecular complexity index is 1080. The number of rotatable bonds is 4. The molecule has 0 bridgehead atoms. The van der Waals surface area contributed by atoms with Crippen molar-refractivity contribution in [1.29, 1.82) is 0 Å². The number of hydrogen-bond donors (Lipinski definition) is 2. The normalized spacial score (nSPS) is 20.8. The van der Waals surface area contributed by atoms with Crippen molar-refractivity contribution in [3.05, 3.63) is 82.2 Å². The van der Waals surface area contributed by atoms with Crippen LogP contribution < -0.4 is 10.1 Å². The second-order valence-corrected chi connectivity index (χ2v) is 7.87. The third-order valence-corrected chi connectivity index (χ3v) is 6.05. The van der Waals surface area contributed by atoms with Crippen LogP contribution in [0.4, 0.5) is 0 Å². The van der Waals surface area contributed by atoms with Gasteiger partial charge in [0, 0.05) is 29.3 Å². The van der Waals surface area contributed by atoms with Crippen LogP contribution in [0.15, 0.2) is 71.1 Å². The second-order valence-electron chi connectivity index (χ2n) is 7.87. The third kappa shape index (κ3) is 3.81. The Kier molecular flexibility index (Phi) is 5.55. The van der Waals surface area contributed by atoms with E-state index in [1.807, 2.05) is 31.2 Å². The molecule has 1 aliphatic carbocycles. The van der Waals surface area contributed by atoms with Gasteiger partial charge in [0.05, 0.1) is 19.8 Å². The van der Waals surface area contributed by atoms with E-state index in [1.54, 1.807) is 31.4 Å². The predicted octanol–water partition coefficient (Wildman–Crippen LogP) is 3.94. The highest BCUT2D eigenvalue weighted by Crippen LogP contribution is 2.45. The average Bonchev–Trinajstić information content (AvgIpc) is 2.78. The molecule has 0 radical (unpaired) electrons. The number of esters is 1. The number of phenolic OH excluding ortho intramolecular Hbond substituents is 1. The Hall–Kier alpha value is -3.54. The maximum Gasteiger partial charge on any atom is 0.336 e. The topological polar surface area (TPSA) is 84.9 Å². The summed E-state index contributed by atoms with van der Waals surface area (Å²) in [6, 6.07) is 14.4. The zero-order valence-corrected chi connectivity index (χ0v) is 17.8. The Morgan fingerprint density at radius 1 is 1.00 bits per heavy atom. The molecule has 31 heavy (non-hydrogen) atoms. The van der Waals surface area contributed by atoms with Crippen molar-refractivity contribution >= 4 is 11.8 Å². The number of nitrogens with one attached hydrogen (secondary N) is 1. The fourth-order valence-electron chi connectivity index (χ4n) is 4.53. The van der Waals surface area contributed by atoms with E-state index in [-0.39, 0.29) is 17.5 Å². The summed E-state index contributed by atoms with van der Waals surface area (Å²) in [5.74, 6) is -0.0651. The summed E-state index contributed by atoms with van der Waals surface area (Å²) < 4.78 is 10.3. The summed E-state index contributed by atoms with van der Waals surface area (Å²) in [5.41, 5.74) is 4.36. The van der Waals surface area contributed by atoms with Gasteiger partial charge < -0.3 is 19.9 Å². The van der Waals surface area contributed by atoms with Crippen LogP contribution >= 0.6 is 0 Å². The molecule has 0 saturated carbocycles. The molecule has 1 heterocycles. The fourth-order valence-corrected chi connectivity index (χ4v) is 4.53. The molecule has 0 unspecified atom stereocenters. The minimum atomic E-state index is -0.534. The number of Topliss-reactive ketones (excluding diaryl/α,β-unsaturated/α-hetero) is 1. The van der Waals surface area contributed by atoms with Gasteiger partial charge >= 0.3 is 5.97 Å². The van der Waals surface area contributed by atoms with Gasteiger partial charge in [-0.2, -0.15) is 0 Å². The molecule has 6 nitrogen and oxygen atoms in total. The van der Waals surface area contributed by atoms with Gasteiger partial charge in [-0.25, -0.2) is 4.79 Å². The van der Waals surface area contributed by atoms with Crippen LogP contribution in [0.1, 0.15) is 42.7 Å². The number of dihydropyridines is 1. The lowest BCUT2D eigenvalue weighted by atomic mass is 9.71. The minimum Gasteiger partial charge on any atom is -0.508 e. The van der Waals surface area contributed by atoms with Crippen LogP contribution in [-0.2, 0) is 14.3 Å². The highest BCUT2D eigenvalue weighted by molar-refractivity contribution is 6.04. The summed E-state index contributed by atoms with van der Waals surface area (Å²) >= 11 is 0. The summed E-state index contributed by atoms with van der Waals surface area (Å²) in [6.45, 7) is 1.82.